The number of rotatable bonds is 3. The number of anilines is 1. The van der Waals surface area contributed by atoms with E-state index in [0.717, 1.165) is 6.07 Å². The van der Waals surface area contributed by atoms with Gasteiger partial charge in [-0.15, -0.1) is 0 Å². The molecular weight excluding hydrogens is 358 g/mol. The fourth-order valence-corrected chi connectivity index (χ4v) is 1.83. The third-order valence-corrected chi connectivity index (χ3v) is 2.76. The molecule has 0 unspecified atom stereocenters. The van der Waals surface area contributed by atoms with Crippen molar-refractivity contribution in [2.24, 2.45) is 0 Å². The van der Waals surface area contributed by atoms with Crippen LogP contribution in [0.5, 0.6) is 11.8 Å². The lowest BCUT2D eigenvalue weighted by molar-refractivity contribution is 0.391. The number of nitrogens with zero attached hydrogens (tertiary/aromatic N) is 4. The molecule has 0 fully saturated rings. The van der Waals surface area contributed by atoms with E-state index >= 15 is 0 Å². The van der Waals surface area contributed by atoms with E-state index in [1.165, 1.54) is 6.07 Å². The highest BCUT2D eigenvalue weighted by Gasteiger charge is 2.15. The first-order chi connectivity index (χ1) is 9.36. The molecule has 9 heteroatoms. The van der Waals surface area contributed by atoms with Gasteiger partial charge in [0.05, 0.1) is 0 Å². The first-order valence-corrected chi connectivity index (χ1v) is 6.45. The Morgan fingerprint density at radius 3 is 2.55 bits per heavy atom. The van der Waals surface area contributed by atoms with E-state index in [4.69, 9.17) is 16.3 Å². The van der Waals surface area contributed by atoms with Crippen LogP contribution in [0.4, 0.5) is 14.7 Å². The van der Waals surface area contributed by atoms with E-state index in [2.05, 4.69) is 30.9 Å². The second kappa shape index (κ2) is 5.84. The Bertz CT molecular complexity index is 657. The number of halogens is 4. The van der Waals surface area contributed by atoms with Gasteiger partial charge in [-0.25, -0.2) is 4.39 Å². The lowest BCUT2D eigenvalue weighted by atomic mass is 10.3. The minimum Gasteiger partial charge on any atom is -0.421 e. The van der Waals surface area contributed by atoms with Gasteiger partial charge < -0.3 is 9.64 Å². The van der Waals surface area contributed by atoms with E-state index in [1.54, 1.807) is 19.0 Å². The van der Waals surface area contributed by atoms with Crippen LogP contribution in [-0.4, -0.2) is 29.0 Å². The van der Waals surface area contributed by atoms with Gasteiger partial charge in [0.2, 0.25) is 17.0 Å². The average molecular weight is 366 g/mol. The molecule has 0 saturated heterocycles. The molecular formula is C11H8BrClF2N4O. The smallest absolute Gasteiger partial charge is 0.328 e. The lowest BCUT2D eigenvalue weighted by Gasteiger charge is -2.11. The minimum atomic E-state index is -1.14. The molecule has 0 amide bonds. The van der Waals surface area contributed by atoms with Crippen LogP contribution in [0.2, 0.25) is 5.28 Å². The first kappa shape index (κ1) is 14.9. The van der Waals surface area contributed by atoms with Crippen LogP contribution in [0.15, 0.2) is 16.6 Å². The van der Waals surface area contributed by atoms with Crippen LogP contribution >= 0.6 is 27.5 Å². The Morgan fingerprint density at radius 2 is 1.90 bits per heavy atom. The Balaban J connectivity index is 2.40. The van der Waals surface area contributed by atoms with E-state index in [0.29, 0.717) is 4.47 Å². The third kappa shape index (κ3) is 3.31. The molecule has 1 aromatic heterocycles. The standard InChI is InChI=1S/C11H8BrClF2N4O/c1-19(2)10-16-9(13)17-11(18-10)20-7-4-5(12)3-6(14)8(7)15/h3-4H,1-2H3. The van der Waals surface area contributed by atoms with Gasteiger partial charge in [0, 0.05) is 18.6 Å². The van der Waals surface area contributed by atoms with Crippen molar-refractivity contribution in [2.45, 2.75) is 0 Å². The molecule has 20 heavy (non-hydrogen) atoms. The molecule has 106 valence electrons. The highest BCUT2D eigenvalue weighted by molar-refractivity contribution is 9.10. The Labute approximate surface area is 126 Å². The van der Waals surface area contributed by atoms with Crippen LogP contribution in [-0.2, 0) is 0 Å². The molecule has 1 aromatic carbocycles. The zero-order chi connectivity index (χ0) is 14.9. The molecule has 0 aliphatic carbocycles. The molecule has 0 aliphatic rings. The normalized spacial score (nSPS) is 10.5. The summed E-state index contributed by atoms with van der Waals surface area (Å²) in [5, 5.41) is -0.116. The van der Waals surface area contributed by atoms with Crippen LogP contribution in [0, 0.1) is 11.6 Å². The fourth-order valence-electron chi connectivity index (χ4n) is 1.27. The number of ether oxygens (including phenoxy) is 1. The van der Waals surface area contributed by atoms with E-state index in [-0.39, 0.29) is 23.0 Å². The second-order valence-corrected chi connectivity index (χ2v) is 5.14. The molecule has 0 bridgehead atoms. The zero-order valence-electron chi connectivity index (χ0n) is 10.4. The predicted octanol–water partition coefficient (Wildman–Crippen LogP) is 3.42. The van der Waals surface area contributed by atoms with Gasteiger partial charge in [-0.05, 0) is 23.7 Å². The van der Waals surface area contributed by atoms with Crippen molar-refractivity contribution in [3.8, 4) is 11.8 Å². The van der Waals surface area contributed by atoms with Gasteiger partial charge in [-0.3, -0.25) is 0 Å². The molecule has 0 saturated carbocycles. The Kier molecular flexibility index (Phi) is 4.34. The van der Waals surface area contributed by atoms with E-state index < -0.39 is 11.6 Å². The summed E-state index contributed by atoms with van der Waals surface area (Å²) in [6.45, 7) is 0. The van der Waals surface area contributed by atoms with Gasteiger partial charge in [-0.2, -0.15) is 19.3 Å². The maximum atomic E-state index is 13.6. The number of hydrogen-bond donors (Lipinski definition) is 0. The van der Waals surface area contributed by atoms with Gasteiger partial charge in [-0.1, -0.05) is 15.9 Å². The van der Waals surface area contributed by atoms with Crippen molar-refractivity contribution in [3.05, 3.63) is 33.5 Å². The summed E-state index contributed by atoms with van der Waals surface area (Å²) in [5.74, 6) is -2.32. The van der Waals surface area contributed by atoms with Crippen LogP contribution in [0.1, 0.15) is 0 Å². The van der Waals surface area contributed by atoms with Crippen molar-refractivity contribution in [1.82, 2.24) is 15.0 Å². The summed E-state index contributed by atoms with van der Waals surface area (Å²) in [4.78, 5) is 13.0. The monoisotopic (exact) mass is 364 g/mol. The van der Waals surface area contributed by atoms with Crippen molar-refractivity contribution >= 4 is 33.5 Å². The van der Waals surface area contributed by atoms with Gasteiger partial charge >= 0.3 is 6.01 Å². The van der Waals surface area contributed by atoms with Crippen molar-refractivity contribution in [1.29, 1.82) is 0 Å². The number of aromatic nitrogens is 3. The van der Waals surface area contributed by atoms with Crippen molar-refractivity contribution in [3.63, 3.8) is 0 Å². The fraction of sp³-hybridized carbons (Fsp3) is 0.182. The van der Waals surface area contributed by atoms with Crippen molar-refractivity contribution in [2.75, 3.05) is 19.0 Å². The second-order valence-electron chi connectivity index (χ2n) is 3.88. The number of benzene rings is 1. The summed E-state index contributed by atoms with van der Waals surface area (Å²) in [6, 6.07) is 2.00. The summed E-state index contributed by atoms with van der Waals surface area (Å²) in [6.07, 6.45) is 0. The number of hydrogen-bond acceptors (Lipinski definition) is 5. The SMILES string of the molecule is CN(C)c1nc(Cl)nc(Oc2cc(Br)cc(F)c2F)n1. The molecule has 5 nitrogen and oxygen atoms in total. The van der Waals surface area contributed by atoms with E-state index in [9.17, 15) is 8.78 Å². The largest absolute Gasteiger partial charge is 0.421 e. The topological polar surface area (TPSA) is 51.1 Å². The molecule has 0 aliphatic heterocycles. The van der Waals surface area contributed by atoms with Crippen LogP contribution in [0.3, 0.4) is 0 Å². The molecule has 1 heterocycles. The van der Waals surface area contributed by atoms with E-state index in [1.807, 2.05) is 0 Å². The quantitative estimate of drug-likeness (QED) is 0.780. The van der Waals surface area contributed by atoms with Crippen LogP contribution in [0.25, 0.3) is 0 Å². The molecule has 2 rings (SSSR count). The molecule has 0 spiro atoms. The summed E-state index contributed by atoms with van der Waals surface area (Å²) >= 11 is 8.76. The molecule has 0 N–H and O–H groups in total. The van der Waals surface area contributed by atoms with Gasteiger partial charge in [0.15, 0.2) is 11.6 Å². The maximum Gasteiger partial charge on any atom is 0.328 e. The Morgan fingerprint density at radius 1 is 1.20 bits per heavy atom. The highest BCUT2D eigenvalue weighted by atomic mass is 79.9. The lowest BCUT2D eigenvalue weighted by Crippen LogP contribution is -2.13. The third-order valence-electron chi connectivity index (χ3n) is 2.14. The predicted molar refractivity (Wildman–Crippen MR) is 73.3 cm³/mol. The van der Waals surface area contributed by atoms with Gasteiger partial charge in [0.1, 0.15) is 0 Å². The Hall–Kier alpha value is -1.54. The van der Waals surface area contributed by atoms with Crippen LogP contribution < -0.4 is 9.64 Å². The molecule has 0 radical (unpaired) electrons. The maximum absolute atomic E-state index is 13.6. The first-order valence-electron chi connectivity index (χ1n) is 5.28. The summed E-state index contributed by atoms with van der Waals surface area (Å²) in [7, 11) is 3.38. The summed E-state index contributed by atoms with van der Waals surface area (Å²) in [5.41, 5.74) is 0. The zero-order valence-corrected chi connectivity index (χ0v) is 12.7. The average Bonchev–Trinajstić information content (AvgIpc) is 2.34. The highest BCUT2D eigenvalue weighted by Crippen LogP contribution is 2.28. The summed E-state index contributed by atoms with van der Waals surface area (Å²) < 4.78 is 32.3. The minimum absolute atomic E-state index is 0.116. The van der Waals surface area contributed by atoms with Gasteiger partial charge in [0.25, 0.3) is 0 Å². The molecule has 0 atom stereocenters. The van der Waals surface area contributed by atoms with Crippen molar-refractivity contribution < 1.29 is 13.5 Å². The molecule has 2 aromatic rings.